The normalized spacial score (nSPS) is 11.2. The highest BCUT2D eigenvalue weighted by atomic mass is 35.5. The van der Waals surface area contributed by atoms with Crippen molar-refractivity contribution in [3.63, 3.8) is 0 Å². The molecule has 0 aliphatic rings. The van der Waals surface area contributed by atoms with E-state index in [1.165, 1.54) is 12.1 Å². The Kier molecular flexibility index (Phi) is 6.52. The predicted molar refractivity (Wildman–Crippen MR) is 128 cm³/mol. The number of benzene rings is 3. The molecule has 0 saturated heterocycles. The van der Waals surface area contributed by atoms with Gasteiger partial charge in [-0.2, -0.15) is 5.10 Å². The maximum atomic E-state index is 13.3. The van der Waals surface area contributed by atoms with Gasteiger partial charge in [-0.15, -0.1) is 0 Å². The van der Waals surface area contributed by atoms with Gasteiger partial charge in [0.05, 0.1) is 12.8 Å². The Morgan fingerprint density at radius 3 is 2.53 bits per heavy atom. The standard InChI is InChI=1S/C25H22ClFN4O/c1-17-23(14-29-30-25(32)15-28-21-12-8-19(26)9-13-21)22-4-2-3-5-24(22)31(17)16-18-6-10-20(27)11-7-18/h2-14,28H,15-16H2,1H3,(H,30,32)/b29-14-. The molecule has 0 spiro atoms. The zero-order valence-corrected chi connectivity index (χ0v) is 18.2. The molecule has 0 radical (unpaired) electrons. The van der Waals surface area contributed by atoms with E-state index >= 15 is 0 Å². The van der Waals surface area contributed by atoms with E-state index in [4.69, 9.17) is 11.6 Å². The molecule has 4 aromatic rings. The van der Waals surface area contributed by atoms with Crippen LogP contribution >= 0.6 is 11.6 Å². The highest BCUT2D eigenvalue weighted by molar-refractivity contribution is 6.30. The molecule has 1 amide bonds. The first-order chi connectivity index (χ1) is 15.5. The quantitative estimate of drug-likeness (QED) is 0.295. The van der Waals surface area contributed by atoms with Gasteiger partial charge >= 0.3 is 0 Å². The molecule has 2 N–H and O–H groups in total. The molecule has 32 heavy (non-hydrogen) atoms. The number of aromatic nitrogens is 1. The Hall–Kier alpha value is -3.64. The van der Waals surface area contributed by atoms with Gasteiger partial charge in [-0.25, -0.2) is 9.82 Å². The third kappa shape index (κ3) is 4.98. The summed E-state index contributed by atoms with van der Waals surface area (Å²) in [6.07, 6.45) is 1.67. The molecule has 0 aliphatic heterocycles. The number of para-hydroxylation sites is 1. The van der Waals surface area contributed by atoms with E-state index in [0.717, 1.165) is 33.4 Å². The average Bonchev–Trinajstić information content (AvgIpc) is 3.06. The lowest BCUT2D eigenvalue weighted by Gasteiger charge is -2.09. The van der Waals surface area contributed by atoms with Crippen LogP contribution in [-0.4, -0.2) is 23.2 Å². The molecule has 0 unspecified atom stereocenters. The number of rotatable bonds is 7. The second-order valence-electron chi connectivity index (χ2n) is 7.38. The number of hydrogen-bond donors (Lipinski definition) is 2. The van der Waals surface area contributed by atoms with Gasteiger partial charge in [0.2, 0.25) is 0 Å². The van der Waals surface area contributed by atoms with Gasteiger partial charge in [-0.1, -0.05) is 41.9 Å². The fourth-order valence-electron chi connectivity index (χ4n) is 3.56. The van der Waals surface area contributed by atoms with Crippen molar-refractivity contribution >= 4 is 40.3 Å². The summed E-state index contributed by atoms with van der Waals surface area (Å²) >= 11 is 5.87. The minimum Gasteiger partial charge on any atom is -0.376 e. The number of carbonyl (C=O) groups excluding carboxylic acids is 1. The predicted octanol–water partition coefficient (Wildman–Crippen LogP) is 5.35. The van der Waals surface area contributed by atoms with Gasteiger partial charge in [0.25, 0.3) is 5.91 Å². The van der Waals surface area contributed by atoms with Gasteiger partial charge in [-0.3, -0.25) is 4.79 Å². The number of hydrazone groups is 1. The molecular weight excluding hydrogens is 427 g/mol. The lowest BCUT2D eigenvalue weighted by molar-refractivity contribution is -0.119. The summed E-state index contributed by atoms with van der Waals surface area (Å²) < 4.78 is 15.4. The number of hydrogen-bond acceptors (Lipinski definition) is 3. The third-order valence-electron chi connectivity index (χ3n) is 5.21. The van der Waals surface area contributed by atoms with Gasteiger partial charge in [0.15, 0.2) is 0 Å². The van der Waals surface area contributed by atoms with Crippen LogP contribution in [0.3, 0.4) is 0 Å². The summed E-state index contributed by atoms with van der Waals surface area (Å²) in [6, 6.07) is 21.6. The lowest BCUT2D eigenvalue weighted by atomic mass is 10.1. The minimum absolute atomic E-state index is 0.0876. The molecule has 162 valence electrons. The molecule has 1 aromatic heterocycles. The van der Waals surface area contributed by atoms with Crippen molar-refractivity contribution in [2.45, 2.75) is 13.5 Å². The number of nitrogens with one attached hydrogen (secondary N) is 2. The Morgan fingerprint density at radius 2 is 1.78 bits per heavy atom. The number of fused-ring (bicyclic) bond motifs is 1. The van der Waals surface area contributed by atoms with Gasteiger partial charge in [0, 0.05) is 39.4 Å². The summed E-state index contributed by atoms with van der Waals surface area (Å²) in [7, 11) is 0. The van der Waals surface area contributed by atoms with Gasteiger partial charge in [-0.05, 0) is 55.0 Å². The maximum absolute atomic E-state index is 13.3. The molecule has 0 saturated carbocycles. The molecule has 7 heteroatoms. The van der Waals surface area contributed by atoms with Crippen molar-refractivity contribution in [1.82, 2.24) is 9.99 Å². The molecule has 4 rings (SSSR count). The fourth-order valence-corrected chi connectivity index (χ4v) is 3.68. The van der Waals surface area contributed by atoms with Crippen LogP contribution in [0, 0.1) is 12.7 Å². The van der Waals surface area contributed by atoms with Crippen LogP contribution in [0.5, 0.6) is 0 Å². The van der Waals surface area contributed by atoms with E-state index in [1.807, 2.05) is 31.2 Å². The van der Waals surface area contributed by atoms with Crippen LogP contribution in [0.15, 0.2) is 77.9 Å². The van der Waals surface area contributed by atoms with E-state index in [0.29, 0.717) is 11.6 Å². The zero-order chi connectivity index (χ0) is 22.5. The highest BCUT2D eigenvalue weighted by Gasteiger charge is 2.13. The number of carbonyl (C=O) groups is 1. The molecule has 3 aromatic carbocycles. The van der Waals surface area contributed by atoms with Crippen molar-refractivity contribution in [2.24, 2.45) is 5.10 Å². The van der Waals surface area contributed by atoms with Crippen molar-refractivity contribution in [3.8, 4) is 0 Å². The zero-order valence-electron chi connectivity index (χ0n) is 17.5. The van der Waals surface area contributed by atoms with E-state index in [9.17, 15) is 9.18 Å². The van der Waals surface area contributed by atoms with E-state index < -0.39 is 0 Å². The second kappa shape index (κ2) is 9.66. The van der Waals surface area contributed by atoms with Crippen LogP contribution in [0.4, 0.5) is 10.1 Å². The summed E-state index contributed by atoms with van der Waals surface area (Å²) in [5.41, 5.74) is 7.34. The van der Waals surface area contributed by atoms with E-state index in [2.05, 4.69) is 20.4 Å². The number of amides is 1. The Labute approximate surface area is 190 Å². The summed E-state index contributed by atoms with van der Waals surface area (Å²) in [5.74, 6) is -0.513. The monoisotopic (exact) mass is 448 g/mol. The van der Waals surface area contributed by atoms with Crippen LogP contribution in [0.2, 0.25) is 5.02 Å². The maximum Gasteiger partial charge on any atom is 0.259 e. The molecule has 0 aliphatic carbocycles. The van der Waals surface area contributed by atoms with Crippen LogP contribution in [0.25, 0.3) is 10.9 Å². The first kappa shape index (κ1) is 21.6. The molecule has 0 fully saturated rings. The number of nitrogens with zero attached hydrogens (tertiary/aromatic N) is 2. The van der Waals surface area contributed by atoms with Crippen LogP contribution in [0.1, 0.15) is 16.8 Å². The first-order valence-electron chi connectivity index (χ1n) is 10.1. The summed E-state index contributed by atoms with van der Waals surface area (Å²) in [4.78, 5) is 12.1. The van der Waals surface area contributed by atoms with Crippen molar-refractivity contribution in [3.05, 3.63) is 100 Å². The SMILES string of the molecule is Cc1c(/C=N\NC(=O)CNc2ccc(Cl)cc2)c2ccccc2n1Cc1ccc(F)cc1. The fraction of sp³-hybridized carbons (Fsp3) is 0.120. The summed E-state index contributed by atoms with van der Waals surface area (Å²) in [5, 5.41) is 8.85. The Balaban J connectivity index is 1.48. The number of anilines is 1. The first-order valence-corrected chi connectivity index (χ1v) is 10.5. The van der Waals surface area contributed by atoms with Gasteiger partial charge < -0.3 is 9.88 Å². The third-order valence-corrected chi connectivity index (χ3v) is 5.47. The van der Waals surface area contributed by atoms with E-state index in [-0.39, 0.29) is 18.3 Å². The average molecular weight is 449 g/mol. The molecular formula is C25H22ClFN4O. The van der Waals surface area contributed by atoms with Crippen LogP contribution in [-0.2, 0) is 11.3 Å². The topological polar surface area (TPSA) is 58.4 Å². The molecule has 0 bridgehead atoms. The lowest BCUT2D eigenvalue weighted by Crippen LogP contribution is -2.25. The summed E-state index contributed by atoms with van der Waals surface area (Å²) in [6.45, 7) is 2.71. The van der Waals surface area contributed by atoms with E-state index in [1.54, 1.807) is 42.6 Å². The van der Waals surface area contributed by atoms with Crippen molar-refractivity contribution in [1.29, 1.82) is 0 Å². The highest BCUT2D eigenvalue weighted by Crippen LogP contribution is 2.25. The molecule has 0 atom stereocenters. The molecule has 1 heterocycles. The molecule has 5 nitrogen and oxygen atoms in total. The Bertz CT molecular complexity index is 1260. The Morgan fingerprint density at radius 1 is 1.06 bits per heavy atom. The minimum atomic E-state index is -0.260. The van der Waals surface area contributed by atoms with Gasteiger partial charge in [0.1, 0.15) is 5.82 Å². The number of halogens is 2. The van der Waals surface area contributed by atoms with Crippen molar-refractivity contribution < 1.29 is 9.18 Å². The van der Waals surface area contributed by atoms with Crippen molar-refractivity contribution in [2.75, 3.05) is 11.9 Å². The smallest absolute Gasteiger partial charge is 0.259 e. The second-order valence-corrected chi connectivity index (χ2v) is 7.82. The van der Waals surface area contributed by atoms with Crippen LogP contribution < -0.4 is 10.7 Å². The largest absolute Gasteiger partial charge is 0.376 e.